The third-order valence-corrected chi connectivity index (χ3v) is 5.88. The molecule has 0 saturated heterocycles. The van der Waals surface area contributed by atoms with Gasteiger partial charge in [0.15, 0.2) is 0 Å². The van der Waals surface area contributed by atoms with Crippen LogP contribution in [0, 0.1) is 0 Å². The number of carboxylic acids is 2. The number of anilines is 2. The Morgan fingerprint density at radius 2 is 1.61 bits per heavy atom. The highest BCUT2D eigenvalue weighted by atomic mass is 32.2. The zero-order valence-corrected chi connectivity index (χ0v) is 20.0. The van der Waals surface area contributed by atoms with Crippen LogP contribution in [-0.2, 0) is 4.79 Å². The molecule has 3 aromatic rings. The first-order valence-electron chi connectivity index (χ1n) is 10.4. The van der Waals surface area contributed by atoms with Crippen molar-refractivity contribution >= 4 is 46.9 Å². The van der Waals surface area contributed by atoms with Crippen molar-refractivity contribution < 1.29 is 38.9 Å². The number of rotatable bonds is 10. The van der Waals surface area contributed by atoms with Crippen LogP contribution in [0.3, 0.4) is 0 Å². The summed E-state index contributed by atoms with van der Waals surface area (Å²) in [5.74, 6) is -2.60. The first-order valence-corrected chi connectivity index (χ1v) is 11.4. The third-order valence-electron chi connectivity index (χ3n) is 4.89. The molecule has 11 heteroatoms. The molecule has 186 valence electrons. The molecule has 0 aliphatic rings. The standard InChI is InChI=1S/C25H22N2O8S/c1-34-16-7-9-20(21(12-16)35-2)27-22(28)13-36-17-5-3-4-15(11-17)26-23(29)18-8-6-14(24(30)31)10-19(18)25(32)33/h3-12H,13H2,1-2H3,(H,26,29)(H,27,28)(H,30,31)(H,32,33). The number of carbonyl (C=O) groups is 4. The van der Waals surface area contributed by atoms with Gasteiger partial charge in [-0.1, -0.05) is 6.07 Å². The zero-order chi connectivity index (χ0) is 26.2. The number of hydrogen-bond donors (Lipinski definition) is 4. The molecule has 4 N–H and O–H groups in total. The molecule has 0 aliphatic carbocycles. The molecular formula is C25H22N2O8S. The second-order valence-corrected chi connectivity index (χ2v) is 8.30. The lowest BCUT2D eigenvalue weighted by molar-refractivity contribution is -0.113. The lowest BCUT2D eigenvalue weighted by Gasteiger charge is -2.12. The molecule has 0 fully saturated rings. The summed E-state index contributed by atoms with van der Waals surface area (Å²) in [6.07, 6.45) is 0. The van der Waals surface area contributed by atoms with Crippen LogP contribution >= 0.6 is 11.8 Å². The average molecular weight is 511 g/mol. The molecular weight excluding hydrogens is 488 g/mol. The lowest BCUT2D eigenvalue weighted by atomic mass is 10.0. The van der Waals surface area contributed by atoms with Crippen molar-refractivity contribution in [3.63, 3.8) is 0 Å². The number of benzene rings is 3. The van der Waals surface area contributed by atoms with Crippen molar-refractivity contribution in [3.05, 3.63) is 77.4 Å². The van der Waals surface area contributed by atoms with Crippen LogP contribution in [-0.4, -0.2) is 53.9 Å². The maximum absolute atomic E-state index is 12.7. The summed E-state index contributed by atoms with van der Waals surface area (Å²) in [4.78, 5) is 48.5. The van der Waals surface area contributed by atoms with E-state index in [1.165, 1.54) is 26.0 Å². The van der Waals surface area contributed by atoms with Crippen LogP contribution < -0.4 is 20.1 Å². The normalized spacial score (nSPS) is 10.3. The minimum absolute atomic E-state index is 0.0758. The van der Waals surface area contributed by atoms with E-state index in [2.05, 4.69) is 10.6 Å². The molecule has 0 aliphatic heterocycles. The summed E-state index contributed by atoms with van der Waals surface area (Å²) in [7, 11) is 3.01. The van der Waals surface area contributed by atoms with E-state index in [1.807, 2.05) is 0 Å². The highest BCUT2D eigenvalue weighted by molar-refractivity contribution is 8.00. The molecule has 0 atom stereocenters. The molecule has 3 aromatic carbocycles. The number of thioether (sulfide) groups is 1. The number of amides is 2. The Labute approximate surface area is 210 Å². The molecule has 0 bridgehead atoms. The van der Waals surface area contributed by atoms with Gasteiger partial charge in [-0.2, -0.15) is 0 Å². The smallest absolute Gasteiger partial charge is 0.336 e. The Kier molecular flexibility index (Phi) is 8.52. The van der Waals surface area contributed by atoms with Crippen LogP contribution in [0.15, 0.2) is 65.6 Å². The first-order chi connectivity index (χ1) is 17.2. The Balaban J connectivity index is 1.66. The monoisotopic (exact) mass is 510 g/mol. The van der Waals surface area contributed by atoms with Gasteiger partial charge in [-0.15, -0.1) is 11.8 Å². The van der Waals surface area contributed by atoms with E-state index in [1.54, 1.807) is 42.5 Å². The summed E-state index contributed by atoms with van der Waals surface area (Å²) in [5, 5.41) is 23.8. The molecule has 36 heavy (non-hydrogen) atoms. The van der Waals surface area contributed by atoms with Crippen LogP contribution in [0.5, 0.6) is 11.5 Å². The van der Waals surface area contributed by atoms with Gasteiger partial charge in [-0.05, 0) is 48.5 Å². The Morgan fingerprint density at radius 1 is 0.833 bits per heavy atom. The molecule has 0 radical (unpaired) electrons. The van der Waals surface area contributed by atoms with Crippen molar-refractivity contribution in [2.75, 3.05) is 30.6 Å². The van der Waals surface area contributed by atoms with Crippen LogP contribution in [0.4, 0.5) is 11.4 Å². The van der Waals surface area contributed by atoms with E-state index in [-0.39, 0.29) is 22.8 Å². The fourth-order valence-corrected chi connectivity index (χ4v) is 3.91. The van der Waals surface area contributed by atoms with Crippen LogP contribution in [0.2, 0.25) is 0 Å². The Hall–Kier alpha value is -4.51. The van der Waals surface area contributed by atoms with Gasteiger partial charge in [0.2, 0.25) is 5.91 Å². The van der Waals surface area contributed by atoms with E-state index in [4.69, 9.17) is 14.6 Å². The highest BCUT2D eigenvalue weighted by Gasteiger charge is 2.19. The van der Waals surface area contributed by atoms with Gasteiger partial charge in [-0.3, -0.25) is 9.59 Å². The van der Waals surface area contributed by atoms with Gasteiger partial charge in [0, 0.05) is 16.6 Å². The maximum atomic E-state index is 12.7. The fourth-order valence-electron chi connectivity index (χ4n) is 3.15. The van der Waals surface area contributed by atoms with E-state index in [0.29, 0.717) is 27.8 Å². The van der Waals surface area contributed by atoms with Gasteiger partial charge >= 0.3 is 11.9 Å². The van der Waals surface area contributed by atoms with Crippen molar-refractivity contribution in [3.8, 4) is 11.5 Å². The highest BCUT2D eigenvalue weighted by Crippen LogP contribution is 2.29. The van der Waals surface area contributed by atoms with Gasteiger partial charge in [0.25, 0.3) is 5.91 Å². The number of carbonyl (C=O) groups excluding carboxylic acids is 2. The number of aromatic carboxylic acids is 2. The molecule has 0 heterocycles. The van der Waals surface area contributed by atoms with Gasteiger partial charge in [-0.25, -0.2) is 9.59 Å². The Morgan fingerprint density at radius 3 is 2.28 bits per heavy atom. The van der Waals surface area contributed by atoms with Crippen LogP contribution in [0.25, 0.3) is 0 Å². The maximum Gasteiger partial charge on any atom is 0.336 e. The van der Waals surface area contributed by atoms with Crippen molar-refractivity contribution in [1.29, 1.82) is 0 Å². The topological polar surface area (TPSA) is 151 Å². The molecule has 0 aromatic heterocycles. The van der Waals surface area contributed by atoms with Crippen molar-refractivity contribution in [2.24, 2.45) is 0 Å². The summed E-state index contributed by atoms with van der Waals surface area (Å²) in [6.45, 7) is 0. The Bertz CT molecular complexity index is 1330. The SMILES string of the molecule is COc1ccc(NC(=O)CSc2cccc(NC(=O)c3ccc(C(=O)O)cc3C(=O)O)c2)c(OC)c1. The van der Waals surface area contributed by atoms with Crippen LogP contribution in [0.1, 0.15) is 31.1 Å². The van der Waals surface area contributed by atoms with Gasteiger partial charge < -0.3 is 30.3 Å². The van der Waals surface area contributed by atoms with E-state index >= 15 is 0 Å². The summed E-state index contributed by atoms with van der Waals surface area (Å²) in [5.41, 5.74) is 0.0174. The van der Waals surface area contributed by atoms with E-state index in [0.717, 1.165) is 18.2 Å². The number of ether oxygens (including phenoxy) is 2. The predicted molar refractivity (Wildman–Crippen MR) is 134 cm³/mol. The fraction of sp³-hybridized carbons (Fsp3) is 0.120. The molecule has 10 nitrogen and oxygen atoms in total. The van der Waals surface area contributed by atoms with E-state index in [9.17, 15) is 24.3 Å². The minimum Gasteiger partial charge on any atom is -0.497 e. The average Bonchev–Trinajstić information content (AvgIpc) is 2.87. The second-order valence-electron chi connectivity index (χ2n) is 7.26. The molecule has 2 amide bonds. The second kappa shape index (κ2) is 11.8. The largest absolute Gasteiger partial charge is 0.497 e. The lowest BCUT2D eigenvalue weighted by Crippen LogP contribution is -2.17. The minimum atomic E-state index is -1.42. The number of nitrogens with one attached hydrogen (secondary N) is 2. The van der Waals surface area contributed by atoms with Gasteiger partial charge in [0.05, 0.1) is 42.4 Å². The number of methoxy groups -OCH3 is 2. The predicted octanol–water partition coefficient (Wildman–Crippen LogP) is 4.08. The summed E-state index contributed by atoms with van der Waals surface area (Å²) in [6, 6.07) is 14.9. The molecule has 0 saturated carbocycles. The quantitative estimate of drug-likeness (QED) is 0.296. The molecule has 0 spiro atoms. The number of hydrogen-bond acceptors (Lipinski definition) is 7. The first kappa shape index (κ1) is 26.1. The third kappa shape index (κ3) is 6.54. The van der Waals surface area contributed by atoms with Crippen molar-refractivity contribution in [2.45, 2.75) is 4.90 Å². The van der Waals surface area contributed by atoms with Gasteiger partial charge in [0.1, 0.15) is 11.5 Å². The summed E-state index contributed by atoms with van der Waals surface area (Å²) >= 11 is 1.23. The molecule has 3 rings (SSSR count). The summed E-state index contributed by atoms with van der Waals surface area (Å²) < 4.78 is 10.4. The van der Waals surface area contributed by atoms with Crippen molar-refractivity contribution in [1.82, 2.24) is 0 Å². The van der Waals surface area contributed by atoms with E-state index < -0.39 is 23.4 Å². The molecule has 0 unspecified atom stereocenters. The number of carboxylic acid groups (broad SMARTS) is 2. The zero-order valence-electron chi connectivity index (χ0n) is 19.2.